The number of hydrogen-bond donors (Lipinski definition) is 0. The van der Waals surface area contributed by atoms with Gasteiger partial charge in [-0.3, -0.25) is 0 Å². The number of likely N-dealkylation sites (N-methyl/N-ethyl adjacent to an activating group) is 1. The van der Waals surface area contributed by atoms with Crippen LogP contribution in [0.4, 0.5) is 11.4 Å². The summed E-state index contributed by atoms with van der Waals surface area (Å²) >= 11 is 3.81. The Balaban J connectivity index is 1.03. The molecule has 48 heavy (non-hydrogen) atoms. The summed E-state index contributed by atoms with van der Waals surface area (Å²) in [6, 6.07) is 27.2. The van der Waals surface area contributed by atoms with Crippen LogP contribution in [0.15, 0.2) is 132 Å². The van der Waals surface area contributed by atoms with E-state index in [-0.39, 0.29) is 10.8 Å². The quantitative estimate of drug-likeness (QED) is 0.149. The Kier molecular flexibility index (Phi) is 8.37. The first-order valence-corrected chi connectivity index (χ1v) is 18.8. The van der Waals surface area contributed by atoms with Crippen LogP contribution in [0.1, 0.15) is 75.3 Å². The van der Waals surface area contributed by atoms with Gasteiger partial charge in [0.1, 0.15) is 7.05 Å². The maximum Gasteiger partial charge on any atom is 0.210 e. The molecule has 8 rings (SSSR count). The zero-order valence-corrected chi connectivity index (χ0v) is 30.0. The maximum absolute atomic E-state index is 3.81. The SMILES string of the molecule is CN1/C(=C/C=C/C=C(Br)/C=C/C=C/C2=[N+](C)c3ccc4ccccc4c3C23CCCCC3)C2(CCCCC2)c2c1ccc1ccccc21. The second-order valence-electron chi connectivity index (χ2n) is 14.4. The summed E-state index contributed by atoms with van der Waals surface area (Å²) < 4.78 is 3.52. The van der Waals surface area contributed by atoms with Gasteiger partial charge in [-0.2, -0.15) is 4.58 Å². The van der Waals surface area contributed by atoms with E-state index in [1.807, 2.05) is 0 Å². The Morgan fingerprint density at radius 1 is 0.688 bits per heavy atom. The molecule has 0 bridgehead atoms. The van der Waals surface area contributed by atoms with E-state index in [9.17, 15) is 0 Å². The fourth-order valence-corrected chi connectivity index (χ4v) is 10.1. The summed E-state index contributed by atoms with van der Waals surface area (Å²) in [5.41, 5.74) is 8.93. The van der Waals surface area contributed by atoms with Crippen molar-refractivity contribution in [1.29, 1.82) is 0 Å². The highest BCUT2D eigenvalue weighted by Crippen LogP contribution is 2.57. The number of fused-ring (bicyclic) bond motifs is 8. The molecule has 2 saturated carbocycles. The molecule has 2 heterocycles. The van der Waals surface area contributed by atoms with Crippen LogP contribution in [0.25, 0.3) is 21.5 Å². The van der Waals surface area contributed by atoms with E-state index in [1.165, 1.54) is 109 Å². The van der Waals surface area contributed by atoms with Gasteiger partial charge in [0.2, 0.25) is 5.69 Å². The van der Waals surface area contributed by atoms with Crippen LogP contribution >= 0.6 is 15.9 Å². The molecule has 2 spiro atoms. The number of hydrogen-bond acceptors (Lipinski definition) is 1. The highest BCUT2D eigenvalue weighted by atomic mass is 79.9. The van der Waals surface area contributed by atoms with Crippen LogP contribution in [-0.2, 0) is 10.8 Å². The first-order chi connectivity index (χ1) is 23.5. The fraction of sp³-hybridized carbons (Fsp3) is 0.311. The van der Waals surface area contributed by atoms with Gasteiger partial charge in [0.15, 0.2) is 5.71 Å². The number of rotatable bonds is 5. The zero-order chi connectivity index (χ0) is 32.7. The zero-order valence-electron chi connectivity index (χ0n) is 28.4. The van der Waals surface area contributed by atoms with Gasteiger partial charge in [0, 0.05) is 46.0 Å². The van der Waals surface area contributed by atoms with Gasteiger partial charge in [0.25, 0.3) is 0 Å². The molecule has 4 aromatic rings. The standard InChI is InChI=1S/C45H46BrN2/c1-47-38-27-25-33-17-5-9-21-36(33)42(38)44(29-13-3-14-30-44)40(47)23-11-7-19-35(46)20-8-12-24-41-45(31-15-4-16-32-45)43-37-22-10-6-18-34(37)26-28-39(43)48(41)2/h5-12,17-28H,3-4,13-16,29-32H2,1-2H3/q+1. The van der Waals surface area contributed by atoms with Crippen LogP contribution in [0.3, 0.4) is 0 Å². The van der Waals surface area contributed by atoms with Gasteiger partial charge in [-0.15, -0.1) is 0 Å². The van der Waals surface area contributed by atoms with E-state index in [2.05, 4.69) is 161 Å². The second kappa shape index (κ2) is 12.8. The minimum absolute atomic E-state index is 0.103. The molecular weight excluding hydrogens is 648 g/mol. The molecule has 0 aromatic heterocycles. The van der Waals surface area contributed by atoms with Gasteiger partial charge < -0.3 is 4.90 Å². The van der Waals surface area contributed by atoms with Crippen LogP contribution in [0, 0.1) is 0 Å². The fourth-order valence-electron chi connectivity index (χ4n) is 9.75. The van der Waals surface area contributed by atoms with Crippen molar-refractivity contribution in [2.45, 2.75) is 75.0 Å². The van der Waals surface area contributed by atoms with Crippen molar-refractivity contribution in [1.82, 2.24) is 0 Å². The van der Waals surface area contributed by atoms with E-state index in [1.54, 1.807) is 11.1 Å². The van der Waals surface area contributed by atoms with E-state index in [0.29, 0.717) is 0 Å². The summed E-state index contributed by atoms with van der Waals surface area (Å²) in [6.45, 7) is 0. The smallest absolute Gasteiger partial charge is 0.210 e. The Labute approximate surface area is 294 Å². The Bertz CT molecular complexity index is 2070. The third-order valence-electron chi connectivity index (χ3n) is 11.9. The molecule has 0 amide bonds. The van der Waals surface area contributed by atoms with Gasteiger partial charge in [-0.1, -0.05) is 133 Å². The van der Waals surface area contributed by atoms with Gasteiger partial charge in [-0.05, 0) is 83.2 Å². The van der Waals surface area contributed by atoms with Crippen LogP contribution in [0.5, 0.6) is 0 Å². The molecule has 2 fully saturated rings. The number of nitrogens with zero attached hydrogens (tertiary/aromatic N) is 2. The van der Waals surface area contributed by atoms with E-state index < -0.39 is 0 Å². The highest BCUT2D eigenvalue weighted by molar-refractivity contribution is 9.11. The van der Waals surface area contributed by atoms with Crippen molar-refractivity contribution in [3.8, 4) is 0 Å². The molecule has 2 nitrogen and oxygen atoms in total. The molecule has 0 N–H and O–H groups in total. The molecule has 2 aliphatic heterocycles. The average molecular weight is 695 g/mol. The molecule has 3 heteroatoms. The predicted octanol–water partition coefficient (Wildman–Crippen LogP) is 12.1. The highest BCUT2D eigenvalue weighted by Gasteiger charge is 2.51. The lowest BCUT2D eigenvalue weighted by Gasteiger charge is -2.36. The Morgan fingerprint density at radius 2 is 1.31 bits per heavy atom. The van der Waals surface area contributed by atoms with Crippen molar-refractivity contribution in [3.05, 3.63) is 143 Å². The van der Waals surface area contributed by atoms with Crippen molar-refractivity contribution in [2.24, 2.45) is 0 Å². The first-order valence-electron chi connectivity index (χ1n) is 18.0. The molecule has 0 radical (unpaired) electrons. The van der Waals surface area contributed by atoms with Crippen molar-refractivity contribution in [3.63, 3.8) is 0 Å². The molecule has 4 aromatic carbocycles. The number of halogens is 1. The van der Waals surface area contributed by atoms with Crippen LogP contribution in [-0.4, -0.2) is 24.4 Å². The molecule has 0 saturated heterocycles. The van der Waals surface area contributed by atoms with Gasteiger partial charge >= 0.3 is 0 Å². The molecule has 4 aliphatic rings. The summed E-state index contributed by atoms with van der Waals surface area (Å²) in [5.74, 6) is 0. The largest absolute Gasteiger partial charge is 0.347 e. The number of allylic oxidation sites excluding steroid dienone is 10. The number of benzene rings is 4. The normalized spacial score (nSPS) is 21.4. The third kappa shape index (κ3) is 5.08. The summed E-state index contributed by atoms with van der Waals surface area (Å²) in [4.78, 5) is 2.46. The lowest BCUT2D eigenvalue weighted by Crippen LogP contribution is -2.36. The maximum atomic E-state index is 3.81. The van der Waals surface area contributed by atoms with Gasteiger partial charge in [0.05, 0.1) is 5.41 Å². The third-order valence-corrected chi connectivity index (χ3v) is 12.4. The average Bonchev–Trinajstić information content (AvgIpc) is 3.49. The minimum atomic E-state index is 0.103. The van der Waals surface area contributed by atoms with Crippen LogP contribution in [0.2, 0.25) is 0 Å². The minimum Gasteiger partial charge on any atom is -0.347 e. The first kappa shape index (κ1) is 31.3. The number of anilines is 1. The topological polar surface area (TPSA) is 6.25 Å². The van der Waals surface area contributed by atoms with Crippen LogP contribution < -0.4 is 4.90 Å². The lowest BCUT2D eigenvalue weighted by molar-refractivity contribution is -0.401. The van der Waals surface area contributed by atoms with E-state index in [0.717, 1.165) is 4.48 Å². The van der Waals surface area contributed by atoms with Gasteiger partial charge in [-0.25, -0.2) is 0 Å². The van der Waals surface area contributed by atoms with E-state index >= 15 is 0 Å². The lowest BCUT2D eigenvalue weighted by atomic mass is 9.66. The second-order valence-corrected chi connectivity index (χ2v) is 15.3. The monoisotopic (exact) mass is 693 g/mol. The molecule has 0 unspecified atom stereocenters. The van der Waals surface area contributed by atoms with Crippen molar-refractivity contribution in [2.75, 3.05) is 19.0 Å². The van der Waals surface area contributed by atoms with Crippen molar-refractivity contribution >= 4 is 54.6 Å². The Hall–Kier alpha value is -3.95. The summed E-state index contributed by atoms with van der Waals surface area (Å²) in [5, 5.41) is 5.55. The molecular formula is C45H46BrN2+. The Morgan fingerprint density at radius 3 is 2.02 bits per heavy atom. The molecule has 242 valence electrons. The summed E-state index contributed by atoms with van der Waals surface area (Å²) in [7, 11) is 4.52. The van der Waals surface area contributed by atoms with Crippen molar-refractivity contribution < 1.29 is 4.58 Å². The summed E-state index contributed by atoms with van der Waals surface area (Å²) in [6.07, 6.45) is 30.6. The van der Waals surface area contributed by atoms with E-state index in [4.69, 9.17) is 0 Å². The molecule has 0 atom stereocenters. The predicted molar refractivity (Wildman–Crippen MR) is 209 cm³/mol. The molecule has 2 aliphatic carbocycles.